The largest absolute Gasteiger partial charge is 0.378 e. The first-order valence-corrected chi connectivity index (χ1v) is 9.35. The van der Waals surface area contributed by atoms with Crippen molar-refractivity contribution >= 4 is 34.3 Å². The van der Waals surface area contributed by atoms with E-state index in [-0.39, 0.29) is 18.0 Å². The Balaban J connectivity index is 1.62. The maximum Gasteiger partial charge on any atom is 0.312 e. The summed E-state index contributed by atoms with van der Waals surface area (Å²) in [4.78, 5) is 40.6. The molecule has 1 aliphatic heterocycles. The van der Waals surface area contributed by atoms with Gasteiger partial charge in [-0.05, 0) is 12.8 Å². The lowest BCUT2D eigenvalue weighted by Crippen LogP contribution is -2.41. The molecule has 0 unspecified atom stereocenters. The summed E-state index contributed by atoms with van der Waals surface area (Å²) >= 11 is 1.39. The van der Waals surface area contributed by atoms with E-state index in [1.54, 1.807) is 5.38 Å². The van der Waals surface area contributed by atoms with E-state index in [1.807, 2.05) is 0 Å². The highest BCUT2D eigenvalue weighted by Crippen LogP contribution is 2.21. The molecule has 0 aromatic carbocycles. The Kier molecular flexibility index (Phi) is 8.09. The quantitative estimate of drug-likeness (QED) is 0.367. The standard InChI is InChI=1S/C15H24N6O4S/c16-14(24)17-5-3-1-2-4-12(22)19-20-13(23)11-10-26-15(18-11)21-6-8-25-9-7-21/h10H,1-9H2,(H,19,22)(H,20,23)(H3,16,17,24). The molecule has 1 saturated heterocycles. The number of urea groups is 1. The van der Waals surface area contributed by atoms with Crippen molar-refractivity contribution in [2.45, 2.75) is 25.7 Å². The van der Waals surface area contributed by atoms with Gasteiger partial charge in [0.05, 0.1) is 13.2 Å². The predicted octanol–water partition coefficient (Wildman–Crippen LogP) is -0.0306. The van der Waals surface area contributed by atoms with Crippen molar-refractivity contribution < 1.29 is 19.1 Å². The van der Waals surface area contributed by atoms with Gasteiger partial charge in [-0.25, -0.2) is 9.78 Å². The lowest BCUT2D eigenvalue weighted by Gasteiger charge is -2.25. The van der Waals surface area contributed by atoms with Crippen molar-refractivity contribution in [3.63, 3.8) is 0 Å². The van der Waals surface area contributed by atoms with E-state index in [1.165, 1.54) is 11.3 Å². The normalized spacial score (nSPS) is 13.9. The Labute approximate surface area is 155 Å². The number of primary amides is 1. The first-order chi connectivity index (χ1) is 12.6. The number of morpholine rings is 1. The van der Waals surface area contributed by atoms with Gasteiger partial charge in [0.1, 0.15) is 5.69 Å². The summed E-state index contributed by atoms with van der Waals surface area (Å²) in [6.07, 6.45) is 2.45. The molecule has 4 amide bonds. The minimum Gasteiger partial charge on any atom is -0.378 e. The van der Waals surface area contributed by atoms with Crippen LogP contribution in [-0.4, -0.2) is 55.7 Å². The van der Waals surface area contributed by atoms with Crippen molar-refractivity contribution in [1.29, 1.82) is 0 Å². The number of carbonyl (C=O) groups excluding carboxylic acids is 3. The number of hydrazine groups is 1. The average Bonchev–Trinajstić information content (AvgIpc) is 3.13. The molecule has 11 heteroatoms. The number of ether oxygens (including phenoxy) is 1. The van der Waals surface area contributed by atoms with Crippen LogP contribution in [0.15, 0.2) is 5.38 Å². The van der Waals surface area contributed by atoms with E-state index in [0.29, 0.717) is 26.2 Å². The molecule has 144 valence electrons. The molecule has 2 rings (SSSR count). The highest BCUT2D eigenvalue weighted by Gasteiger charge is 2.17. The Morgan fingerprint density at radius 3 is 2.69 bits per heavy atom. The van der Waals surface area contributed by atoms with E-state index < -0.39 is 11.9 Å². The first kappa shape index (κ1) is 19.9. The van der Waals surface area contributed by atoms with Crippen molar-refractivity contribution in [3.05, 3.63) is 11.1 Å². The zero-order chi connectivity index (χ0) is 18.8. The molecule has 0 aliphatic carbocycles. The van der Waals surface area contributed by atoms with Gasteiger partial charge < -0.3 is 20.7 Å². The first-order valence-electron chi connectivity index (χ1n) is 8.47. The van der Waals surface area contributed by atoms with Gasteiger partial charge >= 0.3 is 6.03 Å². The van der Waals surface area contributed by atoms with Crippen LogP contribution in [0.4, 0.5) is 9.93 Å². The molecule has 1 fully saturated rings. The number of rotatable bonds is 8. The zero-order valence-corrected chi connectivity index (χ0v) is 15.3. The molecule has 0 radical (unpaired) electrons. The average molecular weight is 384 g/mol. The number of hydrogen-bond donors (Lipinski definition) is 4. The molecule has 0 spiro atoms. The lowest BCUT2D eigenvalue weighted by atomic mass is 10.2. The number of nitrogens with zero attached hydrogens (tertiary/aromatic N) is 2. The van der Waals surface area contributed by atoms with E-state index in [9.17, 15) is 14.4 Å². The summed E-state index contributed by atoms with van der Waals surface area (Å²) in [5, 5.41) is 4.92. The van der Waals surface area contributed by atoms with Crippen LogP contribution in [0.5, 0.6) is 0 Å². The van der Waals surface area contributed by atoms with E-state index >= 15 is 0 Å². The zero-order valence-electron chi connectivity index (χ0n) is 14.5. The van der Waals surface area contributed by atoms with Crippen LogP contribution in [0.3, 0.4) is 0 Å². The minimum absolute atomic E-state index is 0.273. The van der Waals surface area contributed by atoms with Crippen LogP contribution in [0.2, 0.25) is 0 Å². The monoisotopic (exact) mass is 384 g/mol. The smallest absolute Gasteiger partial charge is 0.312 e. The topological polar surface area (TPSA) is 139 Å². The SMILES string of the molecule is NC(=O)NCCCCCC(=O)NNC(=O)c1csc(N2CCOCC2)n1. The van der Waals surface area contributed by atoms with Gasteiger partial charge in [0.2, 0.25) is 5.91 Å². The second-order valence-electron chi connectivity index (χ2n) is 5.72. The van der Waals surface area contributed by atoms with Crippen LogP contribution in [0.1, 0.15) is 36.2 Å². The van der Waals surface area contributed by atoms with Crippen molar-refractivity contribution in [3.8, 4) is 0 Å². The molecular formula is C15H24N6O4S. The summed E-state index contributed by atoms with van der Waals surface area (Å²) < 4.78 is 5.29. The van der Waals surface area contributed by atoms with Gasteiger partial charge in [0, 0.05) is 31.4 Å². The van der Waals surface area contributed by atoms with Crippen molar-refractivity contribution in [2.75, 3.05) is 37.7 Å². The number of unbranched alkanes of at least 4 members (excludes halogenated alkanes) is 2. The van der Waals surface area contributed by atoms with Crippen LogP contribution >= 0.6 is 11.3 Å². The number of carbonyl (C=O) groups is 3. The van der Waals surface area contributed by atoms with Gasteiger partial charge in [-0.15, -0.1) is 11.3 Å². The second kappa shape index (κ2) is 10.6. The Morgan fingerprint density at radius 2 is 1.96 bits per heavy atom. The number of amides is 4. The molecular weight excluding hydrogens is 360 g/mol. The highest BCUT2D eigenvalue weighted by molar-refractivity contribution is 7.13. The lowest BCUT2D eigenvalue weighted by molar-refractivity contribution is -0.122. The number of thiazole rings is 1. The number of hydrogen-bond acceptors (Lipinski definition) is 7. The van der Waals surface area contributed by atoms with E-state index in [4.69, 9.17) is 10.5 Å². The Hall–Kier alpha value is -2.40. The number of anilines is 1. The van der Waals surface area contributed by atoms with E-state index in [2.05, 4.69) is 26.1 Å². The summed E-state index contributed by atoms with van der Waals surface area (Å²) in [6, 6.07) is -0.552. The minimum atomic E-state index is -0.552. The van der Waals surface area contributed by atoms with Crippen LogP contribution in [0, 0.1) is 0 Å². The van der Waals surface area contributed by atoms with Gasteiger partial charge in [-0.2, -0.15) is 0 Å². The third-order valence-corrected chi connectivity index (χ3v) is 4.60. The Bertz CT molecular complexity index is 617. The fraction of sp³-hybridized carbons (Fsp3) is 0.600. The fourth-order valence-corrected chi connectivity index (χ4v) is 3.18. The van der Waals surface area contributed by atoms with Gasteiger partial charge in [-0.3, -0.25) is 20.4 Å². The molecule has 2 heterocycles. The van der Waals surface area contributed by atoms with E-state index in [0.717, 1.165) is 31.1 Å². The van der Waals surface area contributed by atoms with Crippen LogP contribution < -0.4 is 26.8 Å². The number of nitrogens with one attached hydrogen (secondary N) is 3. The molecule has 26 heavy (non-hydrogen) atoms. The van der Waals surface area contributed by atoms with Gasteiger partial charge in [0.15, 0.2) is 5.13 Å². The molecule has 0 bridgehead atoms. The van der Waals surface area contributed by atoms with Crippen molar-refractivity contribution in [2.24, 2.45) is 5.73 Å². The van der Waals surface area contributed by atoms with Crippen LogP contribution in [0.25, 0.3) is 0 Å². The molecule has 10 nitrogen and oxygen atoms in total. The summed E-state index contributed by atoms with van der Waals surface area (Å²) in [5.74, 6) is -0.718. The molecule has 0 atom stereocenters. The molecule has 0 saturated carbocycles. The van der Waals surface area contributed by atoms with Gasteiger partial charge in [0.25, 0.3) is 5.91 Å². The summed E-state index contributed by atoms with van der Waals surface area (Å²) in [7, 11) is 0. The summed E-state index contributed by atoms with van der Waals surface area (Å²) in [6.45, 7) is 3.29. The maximum atomic E-state index is 12.0. The fourth-order valence-electron chi connectivity index (χ4n) is 2.32. The third kappa shape index (κ3) is 6.84. The highest BCUT2D eigenvalue weighted by atomic mass is 32.1. The second-order valence-corrected chi connectivity index (χ2v) is 6.56. The predicted molar refractivity (Wildman–Crippen MR) is 96.8 cm³/mol. The maximum absolute atomic E-state index is 12.0. The van der Waals surface area contributed by atoms with Crippen molar-refractivity contribution in [1.82, 2.24) is 21.2 Å². The molecule has 1 aromatic rings. The number of nitrogens with two attached hydrogens (primary N) is 1. The molecule has 1 aliphatic rings. The third-order valence-electron chi connectivity index (χ3n) is 3.70. The molecule has 1 aromatic heterocycles. The van der Waals surface area contributed by atoms with Gasteiger partial charge in [-0.1, -0.05) is 6.42 Å². The number of aromatic nitrogens is 1. The molecule has 5 N–H and O–H groups in total. The van der Waals surface area contributed by atoms with Crippen LogP contribution in [-0.2, 0) is 9.53 Å². The summed E-state index contributed by atoms with van der Waals surface area (Å²) in [5.41, 5.74) is 9.97. The Morgan fingerprint density at radius 1 is 1.19 bits per heavy atom.